The molecule has 0 bridgehead atoms. The summed E-state index contributed by atoms with van der Waals surface area (Å²) >= 11 is 6.13. The van der Waals surface area contributed by atoms with Crippen LogP contribution in [-0.2, 0) is 10.1 Å². The van der Waals surface area contributed by atoms with Gasteiger partial charge in [0.1, 0.15) is 4.90 Å². The summed E-state index contributed by atoms with van der Waals surface area (Å²) in [6.07, 6.45) is 0. The first-order valence-corrected chi connectivity index (χ1v) is 8.94. The van der Waals surface area contributed by atoms with E-state index in [0.717, 1.165) is 6.07 Å². The largest absolute Gasteiger partial charge is 0.295 e. The molecule has 0 amide bonds. The molecule has 0 heterocycles. The summed E-state index contributed by atoms with van der Waals surface area (Å²) < 4.78 is 32.1. The summed E-state index contributed by atoms with van der Waals surface area (Å²) in [6, 6.07) is 7.39. The molecule has 0 radical (unpaired) electrons. The standard InChI is InChI=1S/C14H6Br2O5S/c15-8-5-9(22(19,20)21)12(16)11-10(8)13(17)6-3-1-2-4-7(6)14(11)18/h1-5H,(H,19,20,21). The molecule has 0 saturated carbocycles. The zero-order valence-electron chi connectivity index (χ0n) is 10.6. The van der Waals surface area contributed by atoms with Crippen molar-refractivity contribution in [1.82, 2.24) is 0 Å². The van der Waals surface area contributed by atoms with Crippen LogP contribution in [0.4, 0.5) is 0 Å². The molecule has 0 aliphatic heterocycles. The van der Waals surface area contributed by atoms with E-state index in [1.165, 1.54) is 12.1 Å². The molecule has 0 saturated heterocycles. The molecule has 3 rings (SSSR count). The van der Waals surface area contributed by atoms with Crippen molar-refractivity contribution in [2.45, 2.75) is 4.90 Å². The quantitative estimate of drug-likeness (QED) is 0.581. The number of carbonyl (C=O) groups is 2. The van der Waals surface area contributed by atoms with Crippen LogP contribution in [0.3, 0.4) is 0 Å². The van der Waals surface area contributed by atoms with Gasteiger partial charge in [0.05, 0.1) is 10.0 Å². The number of rotatable bonds is 1. The van der Waals surface area contributed by atoms with Crippen molar-refractivity contribution >= 4 is 53.5 Å². The van der Waals surface area contributed by atoms with Crippen molar-refractivity contribution in [2.24, 2.45) is 0 Å². The summed E-state index contributed by atoms with van der Waals surface area (Å²) in [5, 5.41) is 0. The van der Waals surface area contributed by atoms with Crippen LogP contribution in [0, 0.1) is 0 Å². The van der Waals surface area contributed by atoms with Gasteiger partial charge in [0, 0.05) is 21.2 Å². The van der Waals surface area contributed by atoms with Crippen LogP contribution in [0.1, 0.15) is 31.8 Å². The van der Waals surface area contributed by atoms with Crippen molar-refractivity contribution in [3.05, 3.63) is 61.5 Å². The average molecular weight is 446 g/mol. The maximum absolute atomic E-state index is 12.6. The van der Waals surface area contributed by atoms with E-state index in [1.54, 1.807) is 12.1 Å². The zero-order chi connectivity index (χ0) is 16.2. The van der Waals surface area contributed by atoms with Gasteiger partial charge in [-0.25, -0.2) is 0 Å². The predicted molar refractivity (Wildman–Crippen MR) is 85.0 cm³/mol. The van der Waals surface area contributed by atoms with Crippen molar-refractivity contribution in [2.75, 3.05) is 0 Å². The molecular weight excluding hydrogens is 440 g/mol. The van der Waals surface area contributed by atoms with Gasteiger partial charge in [-0.3, -0.25) is 14.1 Å². The molecule has 0 aromatic heterocycles. The molecule has 5 nitrogen and oxygen atoms in total. The summed E-state index contributed by atoms with van der Waals surface area (Å²) in [4.78, 5) is 24.7. The molecule has 1 aliphatic carbocycles. The van der Waals surface area contributed by atoms with Crippen LogP contribution in [0.15, 0.2) is 44.2 Å². The lowest BCUT2D eigenvalue weighted by Crippen LogP contribution is -2.23. The first-order chi connectivity index (χ1) is 10.2. The van der Waals surface area contributed by atoms with E-state index in [0.29, 0.717) is 0 Å². The Hall–Kier alpha value is -1.35. The Morgan fingerprint density at radius 2 is 1.41 bits per heavy atom. The SMILES string of the molecule is O=C1c2ccccc2C(=O)c2c(Br)c(S(=O)(=O)O)cc(Br)c21. The highest BCUT2D eigenvalue weighted by atomic mass is 79.9. The van der Waals surface area contributed by atoms with E-state index in [2.05, 4.69) is 31.9 Å². The van der Waals surface area contributed by atoms with Crippen LogP contribution in [0.2, 0.25) is 0 Å². The highest BCUT2D eigenvalue weighted by Crippen LogP contribution is 2.39. The summed E-state index contributed by atoms with van der Waals surface area (Å²) in [6.45, 7) is 0. The Morgan fingerprint density at radius 3 is 1.91 bits per heavy atom. The fourth-order valence-corrected chi connectivity index (χ4v) is 4.83. The predicted octanol–water partition coefficient (Wildman–Crippen LogP) is 3.23. The molecule has 0 atom stereocenters. The first-order valence-electron chi connectivity index (χ1n) is 5.91. The lowest BCUT2D eigenvalue weighted by Gasteiger charge is -2.20. The molecular formula is C14H6Br2O5S. The van der Waals surface area contributed by atoms with Gasteiger partial charge in [-0.1, -0.05) is 24.3 Å². The minimum atomic E-state index is -4.55. The number of ketones is 2. The maximum atomic E-state index is 12.6. The van der Waals surface area contributed by atoms with Gasteiger partial charge in [0.15, 0.2) is 11.6 Å². The Morgan fingerprint density at radius 1 is 0.909 bits per heavy atom. The minimum absolute atomic E-state index is 0.0722. The van der Waals surface area contributed by atoms with Gasteiger partial charge in [0.2, 0.25) is 0 Å². The van der Waals surface area contributed by atoms with E-state index in [-0.39, 0.29) is 37.0 Å². The lowest BCUT2D eigenvalue weighted by molar-refractivity contribution is 0.0977. The van der Waals surface area contributed by atoms with Crippen molar-refractivity contribution in [3.63, 3.8) is 0 Å². The van der Waals surface area contributed by atoms with Gasteiger partial charge < -0.3 is 0 Å². The van der Waals surface area contributed by atoms with Gasteiger partial charge in [-0.2, -0.15) is 8.42 Å². The van der Waals surface area contributed by atoms with Gasteiger partial charge in [0.25, 0.3) is 10.1 Å². The third kappa shape index (κ3) is 2.18. The molecule has 22 heavy (non-hydrogen) atoms. The average Bonchev–Trinajstić information content (AvgIpc) is 2.45. The molecule has 2 aromatic carbocycles. The monoisotopic (exact) mass is 444 g/mol. The second kappa shape index (κ2) is 5.09. The van der Waals surface area contributed by atoms with E-state index >= 15 is 0 Å². The number of benzene rings is 2. The van der Waals surface area contributed by atoms with Gasteiger partial charge >= 0.3 is 0 Å². The number of hydrogen-bond acceptors (Lipinski definition) is 4. The molecule has 112 valence electrons. The van der Waals surface area contributed by atoms with Crippen molar-refractivity contribution < 1.29 is 22.6 Å². The minimum Gasteiger partial charge on any atom is -0.289 e. The lowest BCUT2D eigenvalue weighted by atomic mass is 9.84. The fraction of sp³-hybridized carbons (Fsp3) is 0. The Kier molecular flexibility index (Phi) is 3.59. The van der Waals surface area contributed by atoms with Crippen LogP contribution in [0.5, 0.6) is 0 Å². The molecule has 0 spiro atoms. The number of fused-ring (bicyclic) bond motifs is 2. The van der Waals surface area contributed by atoms with Crippen LogP contribution in [0.25, 0.3) is 0 Å². The molecule has 8 heteroatoms. The second-order valence-electron chi connectivity index (χ2n) is 4.60. The van der Waals surface area contributed by atoms with Crippen LogP contribution < -0.4 is 0 Å². The summed E-state index contributed by atoms with van der Waals surface area (Å²) in [5.74, 6) is -0.872. The van der Waals surface area contributed by atoms with Crippen molar-refractivity contribution in [3.8, 4) is 0 Å². The van der Waals surface area contributed by atoms with Crippen molar-refractivity contribution in [1.29, 1.82) is 0 Å². The zero-order valence-corrected chi connectivity index (χ0v) is 14.6. The first kappa shape index (κ1) is 15.5. The van der Waals surface area contributed by atoms with E-state index in [9.17, 15) is 22.6 Å². The number of halogens is 2. The normalized spacial score (nSPS) is 13.8. The van der Waals surface area contributed by atoms with Crippen LogP contribution >= 0.6 is 31.9 Å². The number of hydrogen-bond donors (Lipinski definition) is 1. The molecule has 2 aromatic rings. The Labute approximate surface area is 142 Å². The summed E-state index contributed by atoms with van der Waals surface area (Å²) in [5.41, 5.74) is 0.445. The smallest absolute Gasteiger partial charge is 0.289 e. The highest BCUT2D eigenvalue weighted by molar-refractivity contribution is 9.11. The molecule has 1 aliphatic rings. The van der Waals surface area contributed by atoms with E-state index < -0.39 is 20.8 Å². The molecule has 0 unspecified atom stereocenters. The van der Waals surface area contributed by atoms with Gasteiger partial charge in [-0.05, 0) is 37.9 Å². The Bertz CT molecular complexity index is 963. The number of carbonyl (C=O) groups excluding carboxylic acids is 2. The van der Waals surface area contributed by atoms with E-state index in [1.807, 2.05) is 0 Å². The summed E-state index contributed by atoms with van der Waals surface area (Å²) in [7, 11) is -4.55. The van der Waals surface area contributed by atoms with Gasteiger partial charge in [-0.15, -0.1) is 0 Å². The highest BCUT2D eigenvalue weighted by Gasteiger charge is 2.35. The van der Waals surface area contributed by atoms with E-state index in [4.69, 9.17) is 0 Å². The topological polar surface area (TPSA) is 88.5 Å². The third-order valence-electron chi connectivity index (χ3n) is 3.33. The molecule has 0 fully saturated rings. The molecule has 1 N–H and O–H groups in total. The Balaban J connectivity index is 2.44. The maximum Gasteiger partial charge on any atom is 0.295 e. The van der Waals surface area contributed by atoms with Crippen LogP contribution in [-0.4, -0.2) is 24.5 Å². The fourth-order valence-electron chi connectivity index (χ4n) is 2.37. The second-order valence-corrected chi connectivity index (χ2v) is 7.64. The third-order valence-corrected chi connectivity index (χ3v) is 5.92.